The fraction of sp³-hybridized carbons (Fsp3) is 0.400. The normalized spacial score (nSPS) is 9.92. The summed E-state index contributed by atoms with van der Waals surface area (Å²) in [5.74, 6) is 0.819. The van der Waals surface area contributed by atoms with Gasteiger partial charge in [-0.15, -0.1) is 0 Å². The summed E-state index contributed by atoms with van der Waals surface area (Å²) in [7, 11) is 1.64. The molecule has 0 fully saturated rings. The molecule has 0 unspecified atom stereocenters. The summed E-state index contributed by atoms with van der Waals surface area (Å²) in [6.45, 7) is 2.14. The first kappa shape index (κ1) is 9.40. The zero-order chi connectivity index (χ0) is 8.97. The molecule has 0 radical (unpaired) electrons. The molecular weight excluding hydrogens is 172 g/mol. The van der Waals surface area contributed by atoms with E-state index in [1.54, 1.807) is 7.11 Å². The average molecular weight is 185 g/mol. The van der Waals surface area contributed by atoms with Gasteiger partial charge in [-0.25, -0.2) is 0 Å². The second-order valence-electron chi connectivity index (χ2n) is 2.71. The van der Waals surface area contributed by atoms with Crippen molar-refractivity contribution in [2.75, 3.05) is 7.11 Å². The molecule has 0 bridgehead atoms. The first-order valence-corrected chi connectivity index (χ1v) is 4.48. The molecule has 0 aliphatic heterocycles. The summed E-state index contributed by atoms with van der Waals surface area (Å²) < 4.78 is 5.04. The Morgan fingerprint density at radius 1 is 1.42 bits per heavy atom. The molecule has 0 saturated heterocycles. The standard InChI is InChI=1S/C10H13ClO/c1-3-4-8-5-6-9(12-2)7-10(8)11/h5-7H,3-4H2,1-2H3. The van der Waals surface area contributed by atoms with Crippen molar-refractivity contribution >= 4 is 11.6 Å². The predicted octanol–water partition coefficient (Wildman–Crippen LogP) is 3.30. The van der Waals surface area contributed by atoms with E-state index in [4.69, 9.17) is 16.3 Å². The Bertz CT molecular complexity index is 258. The third-order valence-electron chi connectivity index (χ3n) is 1.78. The van der Waals surface area contributed by atoms with Crippen LogP contribution in [0.1, 0.15) is 18.9 Å². The molecule has 1 aromatic carbocycles. The minimum atomic E-state index is 0.802. The number of halogens is 1. The maximum absolute atomic E-state index is 6.01. The van der Waals surface area contributed by atoms with Crippen LogP contribution in [0.5, 0.6) is 5.75 Å². The van der Waals surface area contributed by atoms with E-state index in [-0.39, 0.29) is 0 Å². The van der Waals surface area contributed by atoms with Crippen LogP contribution in [0.15, 0.2) is 18.2 Å². The van der Waals surface area contributed by atoms with Gasteiger partial charge in [0.1, 0.15) is 5.75 Å². The molecule has 0 aromatic heterocycles. The fourth-order valence-electron chi connectivity index (χ4n) is 1.13. The molecule has 0 aliphatic carbocycles. The van der Waals surface area contributed by atoms with Crippen molar-refractivity contribution in [1.29, 1.82) is 0 Å². The van der Waals surface area contributed by atoms with Gasteiger partial charge in [0, 0.05) is 5.02 Å². The number of aryl methyl sites for hydroxylation is 1. The molecule has 66 valence electrons. The van der Waals surface area contributed by atoms with E-state index in [1.165, 1.54) is 5.56 Å². The van der Waals surface area contributed by atoms with Gasteiger partial charge in [0.15, 0.2) is 0 Å². The summed E-state index contributed by atoms with van der Waals surface area (Å²) in [5, 5.41) is 0.802. The van der Waals surface area contributed by atoms with Gasteiger partial charge in [-0.05, 0) is 24.1 Å². The number of benzene rings is 1. The highest BCUT2D eigenvalue weighted by Gasteiger charge is 2.00. The van der Waals surface area contributed by atoms with Crippen LogP contribution in [0.3, 0.4) is 0 Å². The van der Waals surface area contributed by atoms with Gasteiger partial charge in [0.05, 0.1) is 7.11 Å². The van der Waals surface area contributed by atoms with Crippen LogP contribution in [0.4, 0.5) is 0 Å². The zero-order valence-electron chi connectivity index (χ0n) is 7.43. The summed E-state index contributed by atoms with van der Waals surface area (Å²) >= 11 is 6.01. The maximum atomic E-state index is 6.01. The Morgan fingerprint density at radius 2 is 2.17 bits per heavy atom. The van der Waals surface area contributed by atoms with Crippen molar-refractivity contribution in [2.24, 2.45) is 0 Å². The smallest absolute Gasteiger partial charge is 0.120 e. The Kier molecular flexibility index (Phi) is 3.42. The minimum absolute atomic E-state index is 0.802. The van der Waals surface area contributed by atoms with E-state index in [0.717, 1.165) is 23.6 Å². The van der Waals surface area contributed by atoms with Crippen molar-refractivity contribution in [3.63, 3.8) is 0 Å². The minimum Gasteiger partial charge on any atom is -0.497 e. The van der Waals surface area contributed by atoms with E-state index < -0.39 is 0 Å². The fourth-order valence-corrected chi connectivity index (χ4v) is 1.39. The second-order valence-corrected chi connectivity index (χ2v) is 3.11. The van der Waals surface area contributed by atoms with Crippen molar-refractivity contribution in [2.45, 2.75) is 19.8 Å². The highest BCUT2D eigenvalue weighted by molar-refractivity contribution is 6.31. The lowest BCUT2D eigenvalue weighted by molar-refractivity contribution is 0.414. The van der Waals surface area contributed by atoms with E-state index in [1.807, 2.05) is 18.2 Å². The summed E-state index contributed by atoms with van der Waals surface area (Å²) in [5.41, 5.74) is 1.19. The second kappa shape index (κ2) is 4.36. The Balaban J connectivity index is 2.87. The molecular formula is C10H13ClO. The average Bonchev–Trinajstić information content (AvgIpc) is 2.09. The first-order valence-electron chi connectivity index (χ1n) is 4.10. The number of hydrogen-bond donors (Lipinski definition) is 0. The van der Waals surface area contributed by atoms with Gasteiger partial charge in [0.2, 0.25) is 0 Å². The Hall–Kier alpha value is -0.690. The lowest BCUT2D eigenvalue weighted by atomic mass is 10.1. The van der Waals surface area contributed by atoms with Crippen molar-refractivity contribution in [3.8, 4) is 5.75 Å². The SMILES string of the molecule is CCCc1ccc(OC)cc1Cl. The highest BCUT2D eigenvalue weighted by Crippen LogP contribution is 2.23. The van der Waals surface area contributed by atoms with Gasteiger partial charge >= 0.3 is 0 Å². The van der Waals surface area contributed by atoms with Crippen LogP contribution in [0.2, 0.25) is 5.02 Å². The maximum Gasteiger partial charge on any atom is 0.120 e. The third kappa shape index (κ3) is 2.15. The lowest BCUT2D eigenvalue weighted by Gasteiger charge is -2.04. The molecule has 0 atom stereocenters. The monoisotopic (exact) mass is 184 g/mol. The molecule has 0 spiro atoms. The van der Waals surface area contributed by atoms with Crippen molar-refractivity contribution in [3.05, 3.63) is 28.8 Å². The van der Waals surface area contributed by atoms with Crippen LogP contribution in [-0.4, -0.2) is 7.11 Å². The van der Waals surface area contributed by atoms with Crippen molar-refractivity contribution < 1.29 is 4.74 Å². The van der Waals surface area contributed by atoms with Crippen LogP contribution in [0, 0.1) is 0 Å². The summed E-state index contributed by atoms with van der Waals surface area (Å²) in [6, 6.07) is 5.81. The quantitative estimate of drug-likeness (QED) is 0.701. The van der Waals surface area contributed by atoms with Crippen molar-refractivity contribution in [1.82, 2.24) is 0 Å². The number of ether oxygens (including phenoxy) is 1. The van der Waals surface area contributed by atoms with Gasteiger partial charge in [0.25, 0.3) is 0 Å². The number of methoxy groups -OCH3 is 1. The molecule has 12 heavy (non-hydrogen) atoms. The molecule has 1 aromatic rings. The molecule has 0 aliphatic rings. The Morgan fingerprint density at radius 3 is 2.67 bits per heavy atom. The van der Waals surface area contributed by atoms with Crippen LogP contribution >= 0.6 is 11.6 Å². The molecule has 0 N–H and O–H groups in total. The van der Waals surface area contributed by atoms with Gasteiger partial charge < -0.3 is 4.74 Å². The van der Waals surface area contributed by atoms with E-state index in [2.05, 4.69) is 6.92 Å². The van der Waals surface area contributed by atoms with Crippen LogP contribution < -0.4 is 4.74 Å². The van der Waals surface area contributed by atoms with Crippen LogP contribution in [-0.2, 0) is 6.42 Å². The summed E-state index contributed by atoms with van der Waals surface area (Å²) in [6.07, 6.45) is 2.15. The molecule has 0 amide bonds. The summed E-state index contributed by atoms with van der Waals surface area (Å²) in [4.78, 5) is 0. The van der Waals surface area contributed by atoms with E-state index >= 15 is 0 Å². The molecule has 1 rings (SSSR count). The van der Waals surface area contributed by atoms with Gasteiger partial charge in [-0.2, -0.15) is 0 Å². The largest absolute Gasteiger partial charge is 0.497 e. The topological polar surface area (TPSA) is 9.23 Å². The van der Waals surface area contributed by atoms with E-state index in [9.17, 15) is 0 Å². The first-order chi connectivity index (χ1) is 5.77. The number of hydrogen-bond acceptors (Lipinski definition) is 1. The predicted molar refractivity (Wildman–Crippen MR) is 52.0 cm³/mol. The van der Waals surface area contributed by atoms with Gasteiger partial charge in [-0.3, -0.25) is 0 Å². The van der Waals surface area contributed by atoms with E-state index in [0.29, 0.717) is 0 Å². The lowest BCUT2D eigenvalue weighted by Crippen LogP contribution is -1.87. The Labute approximate surface area is 78.3 Å². The third-order valence-corrected chi connectivity index (χ3v) is 2.13. The number of rotatable bonds is 3. The molecule has 1 nitrogen and oxygen atoms in total. The van der Waals surface area contributed by atoms with Crippen LogP contribution in [0.25, 0.3) is 0 Å². The zero-order valence-corrected chi connectivity index (χ0v) is 8.19. The van der Waals surface area contributed by atoms with Gasteiger partial charge in [-0.1, -0.05) is 31.0 Å². The molecule has 2 heteroatoms. The molecule has 0 saturated carbocycles. The highest BCUT2D eigenvalue weighted by atomic mass is 35.5. The molecule has 0 heterocycles.